The molecule has 2 heterocycles. The maximum absolute atomic E-state index is 13.4. The van der Waals surface area contributed by atoms with E-state index in [-0.39, 0.29) is 5.91 Å². The van der Waals surface area contributed by atoms with E-state index in [1.54, 1.807) is 5.01 Å². The number of aryl methyl sites for hydroxylation is 1. The average molecular weight is 485 g/mol. The van der Waals surface area contributed by atoms with Crippen molar-refractivity contribution >= 4 is 28.5 Å². The number of nitrogens with zero attached hydrogens (tertiary/aromatic N) is 3. The number of amidine groups is 1. The number of hydrazone groups is 1. The third-order valence-electron chi connectivity index (χ3n) is 5.96. The van der Waals surface area contributed by atoms with E-state index in [1.165, 1.54) is 22.9 Å². The molecule has 0 bridgehead atoms. The summed E-state index contributed by atoms with van der Waals surface area (Å²) in [6.45, 7) is 4.84. The maximum atomic E-state index is 13.4. The van der Waals surface area contributed by atoms with Gasteiger partial charge in [0.25, 0.3) is 5.91 Å². The predicted molar refractivity (Wildman–Crippen MR) is 140 cm³/mol. The molecule has 0 aliphatic carbocycles. The normalized spacial score (nSPS) is 16.6. The molecule has 0 saturated heterocycles. The molecule has 7 heteroatoms. The third-order valence-corrected chi connectivity index (χ3v) is 6.90. The Hall–Kier alpha value is -3.58. The Kier molecular flexibility index (Phi) is 6.86. The lowest BCUT2D eigenvalue weighted by atomic mass is 10.1. The number of thioether (sulfide) groups is 1. The highest BCUT2D eigenvalue weighted by Gasteiger charge is 2.35. The number of carbonyl (C=O) groups is 1. The van der Waals surface area contributed by atoms with Crippen molar-refractivity contribution < 1.29 is 9.53 Å². The third kappa shape index (κ3) is 4.95. The second-order valence-corrected chi connectivity index (χ2v) is 9.55. The highest BCUT2D eigenvalue weighted by molar-refractivity contribution is 8.13. The van der Waals surface area contributed by atoms with Crippen LogP contribution < -0.4 is 20.6 Å². The summed E-state index contributed by atoms with van der Waals surface area (Å²) in [5.41, 5.74) is 3.78. The number of benzene rings is 3. The summed E-state index contributed by atoms with van der Waals surface area (Å²) in [5.74, 6) is 1.30. The molecule has 1 atom stereocenters. The Bertz CT molecular complexity index is 1380. The summed E-state index contributed by atoms with van der Waals surface area (Å²) >= 11 is 1.51. The first-order valence-corrected chi connectivity index (χ1v) is 12.9. The van der Waals surface area contributed by atoms with Gasteiger partial charge in [-0.15, -0.1) is 5.10 Å². The Morgan fingerprint density at radius 1 is 1.03 bits per heavy atom. The summed E-state index contributed by atoms with van der Waals surface area (Å²) in [6.07, 6.45) is 1.53. The van der Waals surface area contributed by atoms with Crippen LogP contribution in [0, 0.1) is 6.92 Å². The second-order valence-electron chi connectivity index (χ2n) is 8.59. The Morgan fingerprint density at radius 3 is 2.63 bits per heavy atom. The average Bonchev–Trinajstić information content (AvgIpc) is 2.88. The molecule has 178 valence electrons. The zero-order chi connectivity index (χ0) is 24.2. The first-order chi connectivity index (χ1) is 17.1. The number of fused-ring (bicyclic) bond motifs is 2. The van der Waals surface area contributed by atoms with Gasteiger partial charge in [0.05, 0.1) is 12.0 Å². The molecule has 3 aromatic carbocycles. The minimum Gasteiger partial charge on any atom is -0.493 e. The number of hydrogen-bond acceptors (Lipinski definition) is 6. The molecule has 0 saturated carbocycles. The number of hydrogen-bond donors (Lipinski definition) is 1. The van der Waals surface area contributed by atoms with Crippen molar-refractivity contribution in [3.63, 3.8) is 0 Å². The lowest BCUT2D eigenvalue weighted by molar-refractivity contribution is -0.116. The molecule has 0 fully saturated rings. The van der Waals surface area contributed by atoms with Crippen molar-refractivity contribution in [2.24, 2.45) is 10.1 Å². The van der Waals surface area contributed by atoms with Gasteiger partial charge in [0, 0.05) is 16.5 Å². The van der Waals surface area contributed by atoms with Crippen molar-refractivity contribution in [2.75, 3.05) is 6.61 Å². The summed E-state index contributed by atoms with van der Waals surface area (Å²) < 4.78 is 6.12. The fourth-order valence-corrected chi connectivity index (χ4v) is 4.89. The molecule has 6 nitrogen and oxygen atoms in total. The fourth-order valence-electron chi connectivity index (χ4n) is 4.08. The molecule has 0 unspecified atom stereocenters. The summed E-state index contributed by atoms with van der Waals surface area (Å²) in [7, 11) is 0. The number of carbonyl (C=O) groups excluding carboxylic acids is 1. The standard InChI is InChI=1S/C28H28N4O2S/c1-3-4-17-34-24-12-8-6-10-22(24)26-29-23-11-7-5-9-21(23)25-27(33)30-28(31-32(25)26)35-18-20-15-13-19(2)14-16-20/h5-16,26H,3-4,17-18H2,1-2H3,(H,30,31,33)/t26-/m1/s1. The van der Waals surface area contributed by atoms with Crippen LogP contribution in [0.4, 0.5) is 0 Å². The molecule has 3 aromatic rings. The van der Waals surface area contributed by atoms with E-state index in [0.717, 1.165) is 34.7 Å². The van der Waals surface area contributed by atoms with Crippen LogP contribution in [0.3, 0.4) is 0 Å². The second kappa shape index (κ2) is 10.4. The number of rotatable bonds is 7. The molecule has 0 aromatic heterocycles. The van der Waals surface area contributed by atoms with Gasteiger partial charge in [-0.25, -0.2) is 5.01 Å². The minimum absolute atomic E-state index is 0.178. The first-order valence-electron chi connectivity index (χ1n) is 11.9. The molecule has 0 spiro atoms. The summed E-state index contributed by atoms with van der Waals surface area (Å²) in [6, 6.07) is 24.0. The monoisotopic (exact) mass is 484 g/mol. The Labute approximate surface area is 209 Å². The number of amides is 1. The van der Waals surface area contributed by atoms with Crippen LogP contribution in [-0.2, 0) is 10.5 Å². The van der Waals surface area contributed by atoms with Crippen molar-refractivity contribution in [3.05, 3.63) is 100 Å². The van der Waals surface area contributed by atoms with Crippen molar-refractivity contribution in [3.8, 4) is 5.75 Å². The van der Waals surface area contributed by atoms with Crippen LogP contribution in [0.5, 0.6) is 5.75 Å². The van der Waals surface area contributed by atoms with Crippen LogP contribution in [0.2, 0.25) is 0 Å². The largest absolute Gasteiger partial charge is 0.493 e. The Balaban J connectivity index is 1.53. The van der Waals surface area contributed by atoms with Crippen LogP contribution in [0.1, 0.15) is 42.6 Å². The summed E-state index contributed by atoms with van der Waals surface area (Å²) in [5, 5.41) is 11.7. The van der Waals surface area contributed by atoms with Crippen LogP contribution in [0.25, 0.3) is 5.70 Å². The highest BCUT2D eigenvalue weighted by Crippen LogP contribution is 2.35. The van der Waals surface area contributed by atoms with Gasteiger partial charge in [-0.2, -0.15) is 0 Å². The fraction of sp³-hybridized carbons (Fsp3) is 0.250. The predicted octanol–water partition coefficient (Wildman–Crippen LogP) is 4.25. The zero-order valence-corrected chi connectivity index (χ0v) is 20.7. The molecule has 1 amide bonds. The van der Waals surface area contributed by atoms with E-state index in [0.29, 0.717) is 23.2 Å². The van der Waals surface area contributed by atoms with E-state index in [1.807, 2.05) is 48.5 Å². The maximum Gasteiger partial charge on any atom is 0.276 e. The molecule has 2 aliphatic heterocycles. The van der Waals surface area contributed by atoms with E-state index < -0.39 is 6.17 Å². The number of unbranched alkanes of at least 4 members (excludes halogenated alkanes) is 1. The lowest BCUT2D eigenvalue weighted by Gasteiger charge is -2.34. The van der Waals surface area contributed by atoms with Crippen molar-refractivity contribution in [2.45, 2.75) is 38.6 Å². The van der Waals surface area contributed by atoms with Gasteiger partial charge >= 0.3 is 0 Å². The molecule has 35 heavy (non-hydrogen) atoms. The van der Waals surface area contributed by atoms with Gasteiger partial charge in [0.1, 0.15) is 11.4 Å². The van der Waals surface area contributed by atoms with E-state index >= 15 is 0 Å². The molecule has 2 aliphatic rings. The van der Waals surface area contributed by atoms with E-state index in [4.69, 9.17) is 14.8 Å². The van der Waals surface area contributed by atoms with Crippen molar-refractivity contribution in [1.82, 2.24) is 10.3 Å². The number of para-hydroxylation sites is 2. The van der Waals surface area contributed by atoms with E-state index in [9.17, 15) is 4.79 Å². The van der Waals surface area contributed by atoms with Gasteiger partial charge < -0.3 is 4.74 Å². The van der Waals surface area contributed by atoms with Gasteiger partial charge in [-0.05, 0) is 31.0 Å². The van der Waals surface area contributed by atoms with E-state index in [2.05, 4.69) is 43.4 Å². The molecule has 1 N–H and O–H groups in total. The minimum atomic E-state index is -0.501. The molecule has 0 radical (unpaired) electrons. The smallest absolute Gasteiger partial charge is 0.276 e. The van der Waals surface area contributed by atoms with Gasteiger partial charge in [-0.1, -0.05) is 91.3 Å². The molecular weight excluding hydrogens is 456 g/mol. The van der Waals surface area contributed by atoms with Crippen LogP contribution >= 0.6 is 11.8 Å². The van der Waals surface area contributed by atoms with Gasteiger partial charge in [-0.3, -0.25) is 15.1 Å². The topological polar surface area (TPSA) is 66.3 Å². The molecule has 5 rings (SSSR count). The first kappa shape index (κ1) is 23.2. The number of nitrogens with one attached hydrogen (secondary N) is 1. The summed E-state index contributed by atoms with van der Waals surface area (Å²) in [4.78, 5) is 18.4. The van der Waals surface area contributed by atoms with Crippen LogP contribution in [0.15, 0.2) is 82.9 Å². The lowest BCUT2D eigenvalue weighted by Crippen LogP contribution is -2.50. The zero-order valence-electron chi connectivity index (χ0n) is 19.9. The molecular formula is C28H28N4O2S. The quantitative estimate of drug-likeness (QED) is 0.509. The van der Waals surface area contributed by atoms with Gasteiger partial charge in [0.15, 0.2) is 11.3 Å². The SMILES string of the molecule is CCCCOc1ccccc1[C@@H]1N=c2ccccc2=C2C(=O)NC(SCc3ccc(C)cc3)=NN21. The number of ether oxygens (including phenoxy) is 1. The van der Waals surface area contributed by atoms with Crippen LogP contribution in [-0.4, -0.2) is 22.7 Å². The highest BCUT2D eigenvalue weighted by atomic mass is 32.2. The van der Waals surface area contributed by atoms with Gasteiger partial charge in [0.2, 0.25) is 0 Å². The van der Waals surface area contributed by atoms with Crippen molar-refractivity contribution in [1.29, 1.82) is 0 Å². The Morgan fingerprint density at radius 2 is 1.80 bits per heavy atom.